The number of carboxylic acid groups (broad SMARTS) is 1. The molecule has 0 aliphatic carbocycles. The summed E-state index contributed by atoms with van der Waals surface area (Å²) in [5.74, 6) is 0.106. The van der Waals surface area contributed by atoms with E-state index in [0.29, 0.717) is 52.3 Å². The van der Waals surface area contributed by atoms with Gasteiger partial charge < -0.3 is 23.9 Å². The number of hydrogen-bond donors (Lipinski definition) is 1. The molecule has 0 bridgehead atoms. The standard InChI is InChI=1S/C44H40F3N3O6/c1-28-24-36-34(39(49(28)27-43(45,46)47)35-19-18-32(25-38(35)54-2)55-33-22-23-48(26-33)41(51)52)20-21-37-40(36)56-42(53)50(37)44(29-12-6-3-7-13-29,30-14-8-4-9-15-30)31-16-10-5-11-17-31/h3-21,25,28,33,39H,22-24,26-27H2,1-2H3,(H,51,52)/t28-,33+,39+/m1/s1. The average Bonchev–Trinajstić information content (AvgIpc) is 3.81. The molecule has 0 saturated carbocycles. The predicted octanol–water partition coefficient (Wildman–Crippen LogP) is 8.47. The molecule has 0 unspecified atom stereocenters. The van der Waals surface area contributed by atoms with E-state index in [-0.39, 0.29) is 19.1 Å². The molecule has 0 radical (unpaired) electrons. The van der Waals surface area contributed by atoms with E-state index in [1.807, 2.05) is 91.0 Å². The number of alkyl halides is 3. The van der Waals surface area contributed by atoms with Gasteiger partial charge in [-0.1, -0.05) is 97.1 Å². The van der Waals surface area contributed by atoms with E-state index in [1.54, 1.807) is 41.8 Å². The molecule has 5 aromatic carbocycles. The summed E-state index contributed by atoms with van der Waals surface area (Å²) in [7, 11) is 1.45. The number of methoxy groups -OCH3 is 1. The van der Waals surface area contributed by atoms with Crippen molar-refractivity contribution in [2.75, 3.05) is 26.7 Å². The lowest BCUT2D eigenvalue weighted by atomic mass is 9.76. The molecule has 1 aromatic heterocycles. The molecule has 1 amide bonds. The zero-order chi connectivity index (χ0) is 39.2. The van der Waals surface area contributed by atoms with Crippen LogP contribution in [0, 0.1) is 0 Å². The third kappa shape index (κ3) is 6.47. The number of carbonyl (C=O) groups is 1. The van der Waals surface area contributed by atoms with Crippen LogP contribution >= 0.6 is 0 Å². The number of benzene rings is 5. The van der Waals surface area contributed by atoms with Gasteiger partial charge in [0.25, 0.3) is 0 Å². The first kappa shape index (κ1) is 36.9. The molecule has 1 N–H and O–H groups in total. The Balaban J connectivity index is 1.32. The number of ether oxygens (including phenoxy) is 2. The van der Waals surface area contributed by atoms with Crippen LogP contribution in [0.5, 0.6) is 11.5 Å². The van der Waals surface area contributed by atoms with Gasteiger partial charge in [0, 0.05) is 36.2 Å². The first-order chi connectivity index (χ1) is 27.0. The van der Waals surface area contributed by atoms with Crippen LogP contribution in [0.1, 0.15) is 52.8 Å². The Labute approximate surface area is 321 Å². The summed E-state index contributed by atoms with van der Waals surface area (Å²) in [5, 5.41) is 9.39. The number of hydrogen-bond acceptors (Lipinski definition) is 6. The van der Waals surface area contributed by atoms with Gasteiger partial charge in [-0.05, 0) is 53.8 Å². The molecule has 9 nitrogen and oxygen atoms in total. The van der Waals surface area contributed by atoms with E-state index in [1.165, 1.54) is 16.9 Å². The minimum atomic E-state index is -4.51. The molecular formula is C44H40F3N3O6. The second kappa shape index (κ2) is 14.6. The van der Waals surface area contributed by atoms with E-state index in [2.05, 4.69) is 0 Å². The van der Waals surface area contributed by atoms with E-state index in [0.717, 1.165) is 16.7 Å². The van der Waals surface area contributed by atoms with Gasteiger partial charge in [0.05, 0.1) is 31.8 Å². The smallest absolute Gasteiger partial charge is 0.421 e. The zero-order valence-electron chi connectivity index (χ0n) is 30.8. The topological polar surface area (TPSA) is 97.4 Å². The summed E-state index contributed by atoms with van der Waals surface area (Å²) >= 11 is 0. The summed E-state index contributed by atoms with van der Waals surface area (Å²) in [6, 6.07) is 36.2. The molecular weight excluding hydrogens is 723 g/mol. The fourth-order valence-electron chi connectivity index (χ4n) is 8.69. The maximum Gasteiger partial charge on any atom is 0.421 e. The van der Waals surface area contributed by atoms with E-state index in [9.17, 15) is 27.9 Å². The van der Waals surface area contributed by atoms with Crippen LogP contribution in [0.4, 0.5) is 18.0 Å². The zero-order valence-corrected chi connectivity index (χ0v) is 30.8. The summed E-state index contributed by atoms with van der Waals surface area (Å²) < 4.78 is 63.0. The summed E-state index contributed by atoms with van der Waals surface area (Å²) in [6.45, 7) is 1.10. The number of oxazole rings is 1. The first-order valence-electron chi connectivity index (χ1n) is 18.5. The Hall–Kier alpha value is -6.01. The number of fused-ring (bicyclic) bond motifs is 3. The maximum absolute atomic E-state index is 14.6. The van der Waals surface area contributed by atoms with Crippen molar-refractivity contribution in [1.29, 1.82) is 0 Å². The summed E-state index contributed by atoms with van der Waals surface area (Å²) in [5.41, 5.74) is 3.78. The van der Waals surface area contributed by atoms with Crippen LogP contribution in [0.25, 0.3) is 11.1 Å². The normalized spacial score (nSPS) is 18.9. The lowest BCUT2D eigenvalue weighted by molar-refractivity contribution is -0.155. The number of likely N-dealkylation sites (tertiary alicyclic amines) is 1. The van der Waals surface area contributed by atoms with Crippen molar-refractivity contribution in [3.8, 4) is 11.5 Å². The first-order valence-corrected chi connectivity index (χ1v) is 18.5. The molecule has 2 aliphatic rings. The van der Waals surface area contributed by atoms with Gasteiger partial charge >= 0.3 is 18.0 Å². The molecule has 56 heavy (non-hydrogen) atoms. The fraction of sp³-hybridized carbons (Fsp3) is 0.273. The largest absolute Gasteiger partial charge is 0.496 e. The van der Waals surface area contributed by atoms with Crippen LogP contribution in [0.2, 0.25) is 0 Å². The highest BCUT2D eigenvalue weighted by atomic mass is 19.4. The lowest BCUT2D eigenvalue weighted by Crippen LogP contribution is -2.47. The Morgan fingerprint density at radius 1 is 0.857 bits per heavy atom. The van der Waals surface area contributed by atoms with Crippen molar-refractivity contribution in [3.63, 3.8) is 0 Å². The minimum Gasteiger partial charge on any atom is -0.496 e. The van der Waals surface area contributed by atoms with Crippen molar-refractivity contribution >= 4 is 17.2 Å². The van der Waals surface area contributed by atoms with Crippen molar-refractivity contribution in [2.45, 2.75) is 49.7 Å². The minimum absolute atomic E-state index is 0.187. The predicted molar refractivity (Wildman–Crippen MR) is 204 cm³/mol. The highest BCUT2D eigenvalue weighted by molar-refractivity contribution is 5.81. The van der Waals surface area contributed by atoms with Gasteiger partial charge in [0.15, 0.2) is 5.58 Å². The molecule has 1 saturated heterocycles. The average molecular weight is 764 g/mol. The van der Waals surface area contributed by atoms with E-state index in [4.69, 9.17) is 13.9 Å². The Kier molecular flexibility index (Phi) is 9.61. The molecule has 6 aromatic rings. The van der Waals surface area contributed by atoms with Gasteiger partial charge in [0.1, 0.15) is 23.1 Å². The molecule has 8 rings (SSSR count). The molecule has 3 atom stereocenters. The number of nitrogens with zero attached hydrogens (tertiary/aromatic N) is 3. The van der Waals surface area contributed by atoms with Gasteiger partial charge in [-0.25, -0.2) is 9.59 Å². The summed E-state index contributed by atoms with van der Waals surface area (Å²) in [6.07, 6.45) is -5.23. The van der Waals surface area contributed by atoms with Gasteiger partial charge in [0.2, 0.25) is 0 Å². The Morgan fingerprint density at radius 2 is 1.45 bits per heavy atom. The second-order valence-corrected chi connectivity index (χ2v) is 14.4. The van der Waals surface area contributed by atoms with Crippen LogP contribution in [0.15, 0.2) is 131 Å². The van der Waals surface area contributed by atoms with E-state index < -0.39 is 42.2 Å². The van der Waals surface area contributed by atoms with Crippen molar-refractivity contribution < 1.29 is 37.0 Å². The Morgan fingerprint density at radius 3 is 1.98 bits per heavy atom. The second-order valence-electron chi connectivity index (χ2n) is 14.4. The Bertz CT molecular complexity index is 2320. The molecule has 12 heteroatoms. The molecule has 2 aliphatic heterocycles. The van der Waals surface area contributed by atoms with Gasteiger partial charge in [-0.3, -0.25) is 9.47 Å². The third-order valence-corrected chi connectivity index (χ3v) is 11.1. The quantitative estimate of drug-likeness (QED) is 0.148. The third-order valence-electron chi connectivity index (χ3n) is 11.1. The SMILES string of the molecule is COc1cc(O[C@H]2CCN(C(=O)O)C2)ccc1[C@@H]1c2ccc3c(oc(=O)n3C(c3ccccc3)(c3ccccc3)c3ccccc3)c2C[C@@H](C)N1CC(F)(F)F. The van der Waals surface area contributed by atoms with Crippen LogP contribution in [-0.4, -0.2) is 70.6 Å². The number of rotatable bonds is 9. The molecule has 1 fully saturated rings. The molecule has 0 spiro atoms. The maximum atomic E-state index is 14.6. The van der Waals surface area contributed by atoms with Crippen LogP contribution in [-0.2, 0) is 12.0 Å². The van der Waals surface area contributed by atoms with Crippen molar-refractivity contribution in [3.05, 3.63) is 165 Å². The van der Waals surface area contributed by atoms with Crippen molar-refractivity contribution in [1.82, 2.24) is 14.4 Å². The van der Waals surface area contributed by atoms with E-state index >= 15 is 0 Å². The van der Waals surface area contributed by atoms with Gasteiger partial charge in [-0.15, -0.1) is 0 Å². The summed E-state index contributed by atoms with van der Waals surface area (Å²) in [4.78, 5) is 28.7. The highest BCUT2D eigenvalue weighted by Crippen LogP contribution is 2.47. The lowest BCUT2D eigenvalue weighted by Gasteiger charge is -2.43. The fourth-order valence-corrected chi connectivity index (χ4v) is 8.69. The number of aromatic nitrogens is 1. The van der Waals surface area contributed by atoms with Crippen LogP contribution in [0.3, 0.4) is 0 Å². The molecule has 288 valence electrons. The highest BCUT2D eigenvalue weighted by Gasteiger charge is 2.45. The van der Waals surface area contributed by atoms with Gasteiger partial charge in [-0.2, -0.15) is 13.2 Å². The monoisotopic (exact) mass is 763 g/mol. The number of halogens is 3. The molecule has 3 heterocycles. The van der Waals surface area contributed by atoms with Crippen molar-refractivity contribution in [2.24, 2.45) is 0 Å². The van der Waals surface area contributed by atoms with Crippen LogP contribution < -0.4 is 15.2 Å². The number of amides is 1.